The number of carbonyl (C=O) groups is 3. The van der Waals surface area contributed by atoms with Crippen molar-refractivity contribution < 1.29 is 28.6 Å². The van der Waals surface area contributed by atoms with Gasteiger partial charge in [0.15, 0.2) is 6.10 Å². The van der Waals surface area contributed by atoms with E-state index >= 15 is 0 Å². The van der Waals surface area contributed by atoms with Crippen molar-refractivity contribution in [2.24, 2.45) is 0 Å². The molecule has 380 valence electrons. The Morgan fingerprint density at radius 2 is 0.422 bits per heavy atom. The largest absolute Gasteiger partial charge is 0.462 e. The van der Waals surface area contributed by atoms with E-state index in [4.69, 9.17) is 14.2 Å². The zero-order valence-corrected chi connectivity index (χ0v) is 43.6. The smallest absolute Gasteiger partial charge is 0.306 e. The highest BCUT2D eigenvalue weighted by molar-refractivity contribution is 5.71. The first kappa shape index (κ1) is 62.4. The van der Waals surface area contributed by atoms with Crippen LogP contribution < -0.4 is 0 Å². The number of hydrogen-bond donors (Lipinski definition) is 0. The van der Waals surface area contributed by atoms with Crippen LogP contribution in [0.1, 0.15) is 335 Å². The van der Waals surface area contributed by atoms with Gasteiger partial charge in [-0.1, -0.05) is 297 Å². The molecule has 0 bridgehead atoms. The minimum Gasteiger partial charge on any atom is -0.462 e. The lowest BCUT2D eigenvalue weighted by atomic mass is 10.0. The summed E-state index contributed by atoms with van der Waals surface area (Å²) in [4.78, 5) is 37.9. The maximum absolute atomic E-state index is 12.8. The van der Waals surface area contributed by atoms with Crippen LogP contribution in [0.15, 0.2) is 0 Å². The summed E-state index contributed by atoms with van der Waals surface area (Å²) >= 11 is 0. The number of esters is 3. The van der Waals surface area contributed by atoms with Crippen molar-refractivity contribution in [3.05, 3.63) is 0 Å². The topological polar surface area (TPSA) is 78.9 Å². The number of hydrogen-bond acceptors (Lipinski definition) is 6. The van der Waals surface area contributed by atoms with Crippen molar-refractivity contribution in [2.75, 3.05) is 13.2 Å². The van der Waals surface area contributed by atoms with Crippen molar-refractivity contribution in [2.45, 2.75) is 341 Å². The number of ether oxygens (including phenoxy) is 3. The van der Waals surface area contributed by atoms with Crippen LogP contribution in [0.5, 0.6) is 0 Å². The van der Waals surface area contributed by atoms with E-state index in [0.29, 0.717) is 19.3 Å². The van der Waals surface area contributed by atoms with E-state index in [1.165, 1.54) is 238 Å². The minimum absolute atomic E-state index is 0.0618. The molecule has 0 heterocycles. The van der Waals surface area contributed by atoms with Gasteiger partial charge in [-0.05, 0) is 19.3 Å². The highest BCUT2D eigenvalue weighted by Gasteiger charge is 2.19. The predicted molar refractivity (Wildman–Crippen MR) is 275 cm³/mol. The Morgan fingerprint density at radius 3 is 0.625 bits per heavy atom. The average molecular weight is 906 g/mol. The molecule has 0 saturated heterocycles. The second-order valence-electron chi connectivity index (χ2n) is 19.9. The van der Waals surface area contributed by atoms with Crippen molar-refractivity contribution in [3.63, 3.8) is 0 Å². The number of unbranched alkanes of at least 4 members (excludes halogenated alkanes) is 43. The van der Waals surface area contributed by atoms with Gasteiger partial charge < -0.3 is 14.2 Å². The molecule has 0 saturated carbocycles. The average Bonchev–Trinajstić information content (AvgIpc) is 3.29. The van der Waals surface area contributed by atoms with Crippen molar-refractivity contribution >= 4 is 17.9 Å². The van der Waals surface area contributed by atoms with E-state index in [1.54, 1.807) is 0 Å². The zero-order chi connectivity index (χ0) is 46.5. The molecule has 1 atom stereocenters. The number of carbonyl (C=O) groups excluding carboxylic acids is 3. The first-order valence-electron chi connectivity index (χ1n) is 29.0. The molecule has 1 unspecified atom stereocenters. The molecule has 0 N–H and O–H groups in total. The molecular formula is C58H112O6. The molecule has 0 aromatic carbocycles. The van der Waals surface area contributed by atoms with E-state index in [0.717, 1.165) is 57.8 Å². The maximum Gasteiger partial charge on any atom is 0.306 e. The summed E-state index contributed by atoms with van der Waals surface area (Å²) in [5.41, 5.74) is 0. The Morgan fingerprint density at radius 1 is 0.250 bits per heavy atom. The van der Waals surface area contributed by atoms with Gasteiger partial charge in [0.1, 0.15) is 13.2 Å². The summed E-state index contributed by atoms with van der Waals surface area (Å²) in [6, 6.07) is 0. The summed E-state index contributed by atoms with van der Waals surface area (Å²) in [6.07, 6.45) is 59.8. The summed E-state index contributed by atoms with van der Waals surface area (Å²) in [5.74, 6) is -0.842. The second kappa shape index (κ2) is 54.0. The third kappa shape index (κ3) is 51.4. The summed E-state index contributed by atoms with van der Waals surface area (Å²) in [6.45, 7) is 6.67. The van der Waals surface area contributed by atoms with Gasteiger partial charge in [-0.3, -0.25) is 14.4 Å². The monoisotopic (exact) mass is 905 g/mol. The second-order valence-corrected chi connectivity index (χ2v) is 19.9. The van der Waals surface area contributed by atoms with Crippen LogP contribution in [-0.4, -0.2) is 37.2 Å². The quantitative estimate of drug-likeness (QED) is 0.0344. The van der Waals surface area contributed by atoms with E-state index in [-0.39, 0.29) is 31.1 Å². The molecule has 0 aromatic rings. The van der Waals surface area contributed by atoms with E-state index < -0.39 is 6.10 Å². The lowest BCUT2D eigenvalue weighted by Gasteiger charge is -2.18. The minimum atomic E-state index is -0.759. The van der Waals surface area contributed by atoms with Crippen LogP contribution in [0, 0.1) is 0 Å². The summed E-state index contributed by atoms with van der Waals surface area (Å²) < 4.78 is 16.8. The van der Waals surface area contributed by atoms with E-state index in [9.17, 15) is 14.4 Å². The maximum atomic E-state index is 12.8. The van der Waals surface area contributed by atoms with E-state index in [1.807, 2.05) is 0 Å². The van der Waals surface area contributed by atoms with Crippen molar-refractivity contribution in [1.29, 1.82) is 0 Å². The van der Waals surface area contributed by atoms with Gasteiger partial charge in [-0.25, -0.2) is 0 Å². The molecule has 6 heteroatoms. The van der Waals surface area contributed by atoms with Gasteiger partial charge >= 0.3 is 17.9 Å². The highest BCUT2D eigenvalue weighted by Crippen LogP contribution is 2.18. The fraction of sp³-hybridized carbons (Fsp3) is 0.948. The molecule has 0 aromatic heterocycles. The van der Waals surface area contributed by atoms with Crippen LogP contribution in [0.4, 0.5) is 0 Å². The third-order valence-corrected chi connectivity index (χ3v) is 13.4. The molecule has 6 nitrogen and oxygen atoms in total. The van der Waals surface area contributed by atoms with Crippen LogP contribution in [0.25, 0.3) is 0 Å². The Labute approximate surface area is 399 Å². The molecule has 0 aliphatic rings. The Hall–Kier alpha value is -1.59. The Kier molecular flexibility index (Phi) is 52.7. The fourth-order valence-electron chi connectivity index (χ4n) is 8.98. The molecule has 0 fully saturated rings. The molecule has 0 spiro atoms. The van der Waals surface area contributed by atoms with Gasteiger partial charge in [0.05, 0.1) is 0 Å². The lowest BCUT2D eigenvalue weighted by Crippen LogP contribution is -2.30. The van der Waals surface area contributed by atoms with Gasteiger partial charge in [0, 0.05) is 19.3 Å². The van der Waals surface area contributed by atoms with Gasteiger partial charge in [-0.2, -0.15) is 0 Å². The Bertz CT molecular complexity index is 951. The van der Waals surface area contributed by atoms with E-state index in [2.05, 4.69) is 20.8 Å². The SMILES string of the molecule is CCCCCCCCCCCCCCCCCCCCCCCCCCCC(=O)OCC(COC(=O)CCCCCCCCCC)OC(=O)CCCCCCCCCCCCCCC. The van der Waals surface area contributed by atoms with Crippen LogP contribution >= 0.6 is 0 Å². The lowest BCUT2D eigenvalue weighted by molar-refractivity contribution is -0.167. The Balaban J connectivity index is 4.06. The van der Waals surface area contributed by atoms with Gasteiger partial charge in [-0.15, -0.1) is 0 Å². The third-order valence-electron chi connectivity index (χ3n) is 13.4. The van der Waals surface area contributed by atoms with Crippen LogP contribution in [0.2, 0.25) is 0 Å². The van der Waals surface area contributed by atoms with Crippen LogP contribution in [0.3, 0.4) is 0 Å². The first-order chi connectivity index (χ1) is 31.5. The normalized spacial score (nSPS) is 11.9. The zero-order valence-electron chi connectivity index (χ0n) is 43.6. The fourth-order valence-corrected chi connectivity index (χ4v) is 8.98. The molecule has 0 rings (SSSR count). The number of rotatable bonds is 54. The summed E-state index contributed by atoms with van der Waals surface area (Å²) in [7, 11) is 0. The summed E-state index contributed by atoms with van der Waals surface area (Å²) in [5, 5.41) is 0. The molecular weight excluding hydrogens is 793 g/mol. The van der Waals surface area contributed by atoms with Crippen molar-refractivity contribution in [1.82, 2.24) is 0 Å². The first-order valence-corrected chi connectivity index (χ1v) is 29.0. The molecule has 0 radical (unpaired) electrons. The molecule has 0 aliphatic carbocycles. The van der Waals surface area contributed by atoms with Gasteiger partial charge in [0.25, 0.3) is 0 Å². The molecule has 64 heavy (non-hydrogen) atoms. The van der Waals surface area contributed by atoms with Crippen LogP contribution in [-0.2, 0) is 28.6 Å². The van der Waals surface area contributed by atoms with Crippen molar-refractivity contribution in [3.8, 4) is 0 Å². The van der Waals surface area contributed by atoms with Gasteiger partial charge in [0.2, 0.25) is 0 Å². The standard InChI is InChI=1S/C58H112O6/c1-4-7-10-13-16-19-21-23-24-25-26-27-28-29-30-31-32-33-34-36-37-39-42-45-48-51-57(60)63-54-55(53-62-56(59)50-47-44-41-18-15-12-9-6-3)64-58(61)52-49-46-43-40-38-35-22-20-17-14-11-8-5-2/h55H,4-54H2,1-3H3. The molecule has 0 aliphatic heterocycles. The molecule has 0 amide bonds. The predicted octanol–water partition coefficient (Wildman–Crippen LogP) is 19.2. The highest BCUT2D eigenvalue weighted by atomic mass is 16.6.